The molecule has 1 aromatic heterocycles. The summed E-state index contributed by atoms with van der Waals surface area (Å²) in [6.45, 7) is 10.6. The number of halogens is 2. The van der Waals surface area contributed by atoms with Crippen molar-refractivity contribution in [2.75, 3.05) is 24.7 Å². The Labute approximate surface area is 276 Å². The van der Waals surface area contributed by atoms with Crippen LogP contribution in [0.5, 0.6) is 0 Å². The molecular weight excluding hydrogens is 611 g/mol. The molecule has 1 heterocycles. The van der Waals surface area contributed by atoms with E-state index in [2.05, 4.69) is 29.3 Å². The second-order valence-corrected chi connectivity index (χ2v) is 12.4. The fourth-order valence-corrected chi connectivity index (χ4v) is 5.52. The lowest BCUT2D eigenvalue weighted by molar-refractivity contribution is -0.108. The molecule has 3 rings (SSSR count). The highest BCUT2D eigenvalue weighted by atomic mass is 35.5. The topological polar surface area (TPSA) is 95.7 Å². The monoisotopic (exact) mass is 658 g/mol. The summed E-state index contributed by atoms with van der Waals surface area (Å²) in [4.78, 5) is 27.0. The van der Waals surface area contributed by atoms with Gasteiger partial charge in [-0.05, 0) is 114 Å². The van der Waals surface area contributed by atoms with Gasteiger partial charge < -0.3 is 24.5 Å². The molecule has 0 aliphatic carbocycles. The van der Waals surface area contributed by atoms with E-state index in [1.165, 1.54) is 6.07 Å². The van der Waals surface area contributed by atoms with Gasteiger partial charge in [0.2, 0.25) is 0 Å². The summed E-state index contributed by atoms with van der Waals surface area (Å²) >= 11 is 6.79. The second kappa shape index (κ2) is 20.9. The molecule has 0 fully saturated rings. The van der Waals surface area contributed by atoms with Gasteiger partial charge in [0.15, 0.2) is 0 Å². The number of nitrogens with one attached hydrogen (secondary N) is 2. The van der Waals surface area contributed by atoms with E-state index in [0.717, 1.165) is 78.7 Å². The smallest absolute Gasteiger partial charge is 0.250 e. The number of hydrogen-bond donors (Lipinski definition) is 3. The molecule has 3 aromatic rings. The van der Waals surface area contributed by atoms with Crippen LogP contribution in [0.3, 0.4) is 0 Å². The summed E-state index contributed by atoms with van der Waals surface area (Å²) in [6.07, 6.45) is 7.54. The Kier molecular flexibility index (Phi) is 17.8. The average molecular weight is 659 g/mol. The predicted molar refractivity (Wildman–Crippen MR) is 189 cm³/mol. The first-order valence-electron chi connectivity index (χ1n) is 15.5. The molecule has 0 spiro atoms. The average Bonchev–Trinajstić information content (AvgIpc) is 3.03. The number of aromatic nitrogens is 1. The van der Waals surface area contributed by atoms with E-state index in [-0.39, 0.29) is 29.4 Å². The summed E-state index contributed by atoms with van der Waals surface area (Å²) in [5.41, 5.74) is 3.55. The molecule has 0 radical (unpaired) electrons. The van der Waals surface area contributed by atoms with Gasteiger partial charge >= 0.3 is 0 Å². The minimum atomic E-state index is -0.147. The number of aliphatic imine (C=N–C) groups is 1. The van der Waals surface area contributed by atoms with Crippen LogP contribution >= 0.6 is 23.6 Å². The SMILES string of the molecule is C=NC(CCCSO)CCNC(C)CCc1c(F)cccc1NC.CC(C)n1cc(C(CC=O)c2ccc(Cl)cc2)ccc1=O. The zero-order valence-corrected chi connectivity index (χ0v) is 28.4. The maximum Gasteiger partial charge on any atom is 0.250 e. The van der Waals surface area contributed by atoms with Crippen LogP contribution in [0.1, 0.15) is 81.5 Å². The molecule has 0 amide bonds. The Morgan fingerprint density at radius 3 is 2.40 bits per heavy atom. The third kappa shape index (κ3) is 13.1. The molecule has 3 N–H and O–H groups in total. The van der Waals surface area contributed by atoms with Crippen molar-refractivity contribution in [3.63, 3.8) is 0 Å². The number of anilines is 1. The van der Waals surface area contributed by atoms with E-state index >= 15 is 0 Å². The van der Waals surface area contributed by atoms with Gasteiger partial charge in [0.05, 0.1) is 6.04 Å². The van der Waals surface area contributed by atoms with Crippen LogP contribution in [0.2, 0.25) is 5.02 Å². The lowest BCUT2D eigenvalue weighted by atomic mass is 9.90. The summed E-state index contributed by atoms with van der Waals surface area (Å²) in [6, 6.07) is 16.6. The van der Waals surface area contributed by atoms with Crippen LogP contribution in [0.15, 0.2) is 70.6 Å². The molecule has 0 saturated heterocycles. The summed E-state index contributed by atoms with van der Waals surface area (Å²) in [5.74, 6) is 0.531. The minimum absolute atomic E-state index is 0.0327. The van der Waals surface area contributed by atoms with Crippen LogP contribution in [0.4, 0.5) is 10.1 Å². The molecule has 10 heteroatoms. The van der Waals surface area contributed by atoms with E-state index in [4.69, 9.17) is 16.2 Å². The zero-order valence-electron chi connectivity index (χ0n) is 26.8. The number of pyridine rings is 1. The van der Waals surface area contributed by atoms with E-state index in [1.807, 2.05) is 57.4 Å². The second-order valence-electron chi connectivity index (χ2n) is 11.3. The maximum atomic E-state index is 13.9. The minimum Gasteiger partial charge on any atom is -0.388 e. The van der Waals surface area contributed by atoms with E-state index in [1.54, 1.807) is 22.8 Å². The molecule has 0 saturated carbocycles. The fourth-order valence-electron chi connectivity index (χ4n) is 5.10. The van der Waals surface area contributed by atoms with Crippen LogP contribution in [-0.4, -0.2) is 53.6 Å². The number of carbonyl (C=O) groups excluding carboxylic acids is 1. The first kappa shape index (κ1) is 38.2. The van der Waals surface area contributed by atoms with Gasteiger partial charge in [-0.25, -0.2) is 4.39 Å². The van der Waals surface area contributed by atoms with Crippen molar-refractivity contribution in [3.8, 4) is 0 Å². The van der Waals surface area contributed by atoms with Crippen molar-refractivity contribution in [2.45, 2.75) is 83.3 Å². The highest BCUT2D eigenvalue weighted by Gasteiger charge is 2.16. The first-order chi connectivity index (χ1) is 21.6. The molecular formula is C35H48ClFN4O3S. The molecule has 0 aliphatic heterocycles. The van der Waals surface area contributed by atoms with Crippen molar-refractivity contribution in [1.82, 2.24) is 9.88 Å². The van der Waals surface area contributed by atoms with E-state index in [9.17, 15) is 14.0 Å². The van der Waals surface area contributed by atoms with Crippen molar-refractivity contribution in [3.05, 3.63) is 98.7 Å². The Hall–Kier alpha value is -2.98. The van der Waals surface area contributed by atoms with Crippen molar-refractivity contribution in [2.24, 2.45) is 4.99 Å². The summed E-state index contributed by atoms with van der Waals surface area (Å²) in [5, 5.41) is 7.19. The van der Waals surface area contributed by atoms with Gasteiger partial charge in [-0.2, -0.15) is 0 Å². The third-order valence-electron chi connectivity index (χ3n) is 7.74. The summed E-state index contributed by atoms with van der Waals surface area (Å²) < 4.78 is 24.4. The van der Waals surface area contributed by atoms with Crippen molar-refractivity contribution < 1.29 is 13.7 Å². The number of aldehydes is 1. The van der Waals surface area contributed by atoms with Crippen LogP contribution in [0, 0.1) is 5.82 Å². The number of nitrogens with zero attached hydrogens (tertiary/aromatic N) is 2. The number of carbonyl (C=O) groups is 1. The quantitative estimate of drug-likeness (QED) is 0.0554. The number of benzene rings is 2. The molecule has 0 aliphatic rings. The normalized spacial score (nSPS) is 13.0. The van der Waals surface area contributed by atoms with E-state index < -0.39 is 0 Å². The van der Waals surface area contributed by atoms with Gasteiger partial charge in [-0.15, -0.1) is 0 Å². The summed E-state index contributed by atoms with van der Waals surface area (Å²) in [7, 11) is 1.82. The van der Waals surface area contributed by atoms with Gasteiger partial charge in [-0.1, -0.05) is 35.9 Å². The highest BCUT2D eigenvalue weighted by molar-refractivity contribution is 7.93. The van der Waals surface area contributed by atoms with Gasteiger partial charge in [0.1, 0.15) is 12.1 Å². The third-order valence-corrected chi connectivity index (χ3v) is 8.46. The zero-order chi connectivity index (χ0) is 33.2. The fraction of sp³-hybridized carbons (Fsp3) is 0.457. The van der Waals surface area contributed by atoms with Gasteiger partial charge in [0, 0.05) is 65.8 Å². The highest BCUT2D eigenvalue weighted by Crippen LogP contribution is 2.28. The predicted octanol–water partition coefficient (Wildman–Crippen LogP) is 8.03. The molecule has 7 nitrogen and oxygen atoms in total. The molecule has 2 aromatic carbocycles. The Bertz CT molecular complexity index is 1370. The molecule has 3 unspecified atom stereocenters. The van der Waals surface area contributed by atoms with Crippen LogP contribution in [0.25, 0.3) is 0 Å². The number of rotatable bonds is 18. The van der Waals surface area contributed by atoms with Crippen molar-refractivity contribution >= 4 is 42.3 Å². The maximum absolute atomic E-state index is 13.9. The molecule has 45 heavy (non-hydrogen) atoms. The first-order valence-corrected chi connectivity index (χ1v) is 16.8. The molecule has 3 atom stereocenters. The Balaban J connectivity index is 0.000000316. The standard InChI is InChI=1S/C18H30FN3OS.C17H18ClNO2/c1-14(22-12-11-15(20-2)6-5-13-24-23)9-10-16-17(19)7-4-8-18(16)21-3;1-12(2)19-11-14(5-8-17(19)21)16(9-10-20)13-3-6-15(18)7-4-13/h4,7-8,14-15,21-23H,2,5-6,9-13H2,1,3H3;3-8,10-12,16H,9H2,1-2H3. The van der Waals surface area contributed by atoms with Crippen LogP contribution < -0.4 is 16.2 Å². The van der Waals surface area contributed by atoms with Gasteiger partial charge in [-0.3, -0.25) is 9.79 Å². The molecule has 0 bridgehead atoms. The van der Waals surface area contributed by atoms with Crippen LogP contribution in [-0.2, 0) is 11.2 Å². The Morgan fingerprint density at radius 2 is 1.78 bits per heavy atom. The largest absolute Gasteiger partial charge is 0.388 e. The lowest BCUT2D eigenvalue weighted by Crippen LogP contribution is -2.29. The Morgan fingerprint density at radius 1 is 1.07 bits per heavy atom. The molecule has 246 valence electrons. The lowest BCUT2D eigenvalue weighted by Gasteiger charge is -2.18. The number of hydrogen-bond acceptors (Lipinski definition) is 7. The van der Waals surface area contributed by atoms with Crippen molar-refractivity contribution in [1.29, 1.82) is 0 Å². The van der Waals surface area contributed by atoms with Gasteiger partial charge in [0.25, 0.3) is 5.56 Å². The van der Waals surface area contributed by atoms with E-state index in [0.29, 0.717) is 23.9 Å².